The summed E-state index contributed by atoms with van der Waals surface area (Å²) in [5, 5.41) is 5.76. The third-order valence-electron chi connectivity index (χ3n) is 3.76. The van der Waals surface area contributed by atoms with Crippen molar-refractivity contribution in [3.05, 3.63) is 54.1 Å². The summed E-state index contributed by atoms with van der Waals surface area (Å²) in [6, 6.07) is 11.1. The van der Waals surface area contributed by atoms with Crippen LogP contribution in [0.5, 0.6) is 11.5 Å². The molecular formula is C18H18ClF3N2O3. The Labute approximate surface area is 160 Å². The van der Waals surface area contributed by atoms with Crippen molar-refractivity contribution in [1.29, 1.82) is 0 Å². The average molecular weight is 403 g/mol. The molecule has 2 aromatic carbocycles. The summed E-state index contributed by atoms with van der Waals surface area (Å²) in [6.45, 7) is 1.60. The molecule has 9 heteroatoms. The number of amides is 1. The molecule has 0 aliphatic carbocycles. The largest absolute Gasteiger partial charge is 0.457 e. The lowest BCUT2D eigenvalue weighted by Gasteiger charge is -2.22. The number of rotatable bonds is 4. The van der Waals surface area contributed by atoms with Gasteiger partial charge in [-0.05, 0) is 36.4 Å². The van der Waals surface area contributed by atoms with Gasteiger partial charge < -0.3 is 20.1 Å². The maximum atomic E-state index is 13.0. The van der Waals surface area contributed by atoms with Gasteiger partial charge in [0.05, 0.1) is 12.2 Å². The Balaban J connectivity index is 0.00000261. The normalized spacial score (nSPS) is 16.9. The summed E-state index contributed by atoms with van der Waals surface area (Å²) in [5.74, 6) is -0.331. The fourth-order valence-electron chi connectivity index (χ4n) is 2.48. The Morgan fingerprint density at radius 1 is 1.15 bits per heavy atom. The van der Waals surface area contributed by atoms with Crippen LogP contribution in [0.3, 0.4) is 0 Å². The first-order valence-corrected chi connectivity index (χ1v) is 8.01. The van der Waals surface area contributed by atoms with Crippen LogP contribution in [-0.2, 0) is 15.7 Å². The van der Waals surface area contributed by atoms with E-state index in [2.05, 4.69) is 10.6 Å². The van der Waals surface area contributed by atoms with Gasteiger partial charge in [-0.25, -0.2) is 0 Å². The first-order chi connectivity index (χ1) is 12.4. The number of hydrogen-bond acceptors (Lipinski definition) is 4. The van der Waals surface area contributed by atoms with Gasteiger partial charge in [0, 0.05) is 18.8 Å². The molecule has 0 saturated carbocycles. The highest BCUT2D eigenvalue weighted by Gasteiger charge is 2.34. The van der Waals surface area contributed by atoms with Crippen molar-refractivity contribution in [3.63, 3.8) is 0 Å². The number of carbonyl (C=O) groups is 1. The van der Waals surface area contributed by atoms with Gasteiger partial charge in [-0.15, -0.1) is 12.4 Å². The van der Waals surface area contributed by atoms with E-state index in [0.29, 0.717) is 25.4 Å². The molecule has 1 atom stereocenters. The Hall–Kier alpha value is -2.29. The molecule has 1 aliphatic rings. The molecular weight excluding hydrogens is 385 g/mol. The fraction of sp³-hybridized carbons (Fsp3) is 0.278. The molecule has 0 bridgehead atoms. The highest BCUT2D eigenvalue weighted by molar-refractivity contribution is 5.94. The first kappa shape index (κ1) is 21.0. The maximum absolute atomic E-state index is 13.0. The molecule has 1 fully saturated rings. The first-order valence-electron chi connectivity index (χ1n) is 8.01. The number of alkyl halides is 3. The van der Waals surface area contributed by atoms with E-state index in [1.165, 1.54) is 30.3 Å². The molecule has 1 saturated heterocycles. The molecule has 0 spiro atoms. The van der Waals surface area contributed by atoms with Crippen LogP contribution in [0, 0.1) is 0 Å². The van der Waals surface area contributed by atoms with Crippen LogP contribution in [0.4, 0.5) is 18.9 Å². The summed E-state index contributed by atoms with van der Waals surface area (Å²) in [5.41, 5.74) is -0.347. The fourth-order valence-corrected chi connectivity index (χ4v) is 2.48. The summed E-state index contributed by atoms with van der Waals surface area (Å²) in [7, 11) is 0. The van der Waals surface area contributed by atoms with Crippen molar-refractivity contribution in [1.82, 2.24) is 5.32 Å². The zero-order valence-corrected chi connectivity index (χ0v) is 14.9. The molecule has 2 aromatic rings. The Morgan fingerprint density at radius 2 is 1.85 bits per heavy atom. The van der Waals surface area contributed by atoms with Crippen LogP contribution in [0.1, 0.15) is 5.56 Å². The van der Waals surface area contributed by atoms with Gasteiger partial charge in [-0.1, -0.05) is 12.1 Å². The zero-order chi connectivity index (χ0) is 18.6. The molecule has 146 valence electrons. The van der Waals surface area contributed by atoms with Crippen molar-refractivity contribution in [2.75, 3.05) is 25.0 Å². The van der Waals surface area contributed by atoms with Crippen LogP contribution in [-0.4, -0.2) is 31.7 Å². The predicted octanol–water partition coefficient (Wildman–Crippen LogP) is 3.85. The Bertz CT molecular complexity index is 763. The van der Waals surface area contributed by atoms with E-state index in [1.807, 2.05) is 0 Å². The second-order valence-corrected chi connectivity index (χ2v) is 5.67. The number of para-hydroxylation sites is 1. The topological polar surface area (TPSA) is 59.6 Å². The van der Waals surface area contributed by atoms with Crippen LogP contribution in [0.25, 0.3) is 0 Å². The second kappa shape index (κ2) is 9.07. The SMILES string of the molecule is Cl.O=C(Nc1ccc(Oc2ccccc2C(F)(F)F)cc1)C1CNCCO1. The molecule has 2 N–H and O–H groups in total. The maximum Gasteiger partial charge on any atom is 0.419 e. The van der Waals surface area contributed by atoms with E-state index in [0.717, 1.165) is 6.07 Å². The molecule has 3 rings (SSSR count). The van der Waals surface area contributed by atoms with Gasteiger partial charge in [0.2, 0.25) is 0 Å². The summed E-state index contributed by atoms with van der Waals surface area (Å²) in [6.07, 6.45) is -5.07. The molecule has 1 unspecified atom stereocenters. The number of hydrogen-bond donors (Lipinski definition) is 2. The lowest BCUT2D eigenvalue weighted by molar-refractivity contribution is -0.138. The van der Waals surface area contributed by atoms with E-state index < -0.39 is 17.8 Å². The number of halogens is 4. The highest BCUT2D eigenvalue weighted by Crippen LogP contribution is 2.37. The number of ether oxygens (including phenoxy) is 2. The molecule has 5 nitrogen and oxygen atoms in total. The van der Waals surface area contributed by atoms with E-state index in [-0.39, 0.29) is 29.8 Å². The smallest absolute Gasteiger partial charge is 0.419 e. The molecule has 0 radical (unpaired) electrons. The highest BCUT2D eigenvalue weighted by atomic mass is 35.5. The van der Waals surface area contributed by atoms with Crippen LogP contribution < -0.4 is 15.4 Å². The van der Waals surface area contributed by atoms with Crippen molar-refractivity contribution >= 4 is 24.0 Å². The van der Waals surface area contributed by atoms with Crippen molar-refractivity contribution in [3.8, 4) is 11.5 Å². The average Bonchev–Trinajstić information content (AvgIpc) is 2.63. The number of carbonyl (C=O) groups excluding carboxylic acids is 1. The number of nitrogens with one attached hydrogen (secondary N) is 2. The van der Waals surface area contributed by atoms with E-state index in [9.17, 15) is 18.0 Å². The quantitative estimate of drug-likeness (QED) is 0.815. The van der Waals surface area contributed by atoms with Gasteiger partial charge in [0.1, 0.15) is 17.6 Å². The minimum atomic E-state index is -4.50. The zero-order valence-electron chi connectivity index (χ0n) is 14.1. The molecule has 1 heterocycles. The van der Waals surface area contributed by atoms with Gasteiger partial charge >= 0.3 is 6.18 Å². The van der Waals surface area contributed by atoms with E-state index in [1.54, 1.807) is 12.1 Å². The molecule has 0 aromatic heterocycles. The minimum absolute atomic E-state index is 0. The van der Waals surface area contributed by atoms with Gasteiger partial charge in [0.15, 0.2) is 0 Å². The Morgan fingerprint density at radius 3 is 2.48 bits per heavy atom. The van der Waals surface area contributed by atoms with Crippen molar-refractivity contribution in [2.45, 2.75) is 12.3 Å². The summed E-state index contributed by atoms with van der Waals surface area (Å²) >= 11 is 0. The summed E-state index contributed by atoms with van der Waals surface area (Å²) in [4.78, 5) is 12.1. The van der Waals surface area contributed by atoms with Crippen molar-refractivity contribution < 1.29 is 27.4 Å². The predicted molar refractivity (Wildman–Crippen MR) is 96.4 cm³/mol. The lowest BCUT2D eigenvalue weighted by Crippen LogP contribution is -2.45. The Kier molecular flexibility index (Phi) is 7.06. The third kappa shape index (κ3) is 5.59. The van der Waals surface area contributed by atoms with Gasteiger partial charge in [-0.3, -0.25) is 4.79 Å². The summed E-state index contributed by atoms with van der Waals surface area (Å²) < 4.78 is 49.7. The molecule has 1 aliphatic heterocycles. The number of benzene rings is 2. The standard InChI is InChI=1S/C18H17F3N2O3.ClH/c19-18(20,21)14-3-1-2-4-15(14)26-13-7-5-12(6-8-13)23-17(24)16-11-22-9-10-25-16;/h1-8,16,22H,9-11H2,(H,23,24);1H. The number of anilines is 1. The molecule has 27 heavy (non-hydrogen) atoms. The number of morpholine rings is 1. The van der Waals surface area contributed by atoms with Gasteiger partial charge in [-0.2, -0.15) is 13.2 Å². The van der Waals surface area contributed by atoms with E-state index >= 15 is 0 Å². The monoisotopic (exact) mass is 402 g/mol. The molecule has 1 amide bonds. The minimum Gasteiger partial charge on any atom is -0.457 e. The lowest BCUT2D eigenvalue weighted by atomic mass is 10.2. The van der Waals surface area contributed by atoms with Crippen molar-refractivity contribution in [2.24, 2.45) is 0 Å². The van der Waals surface area contributed by atoms with E-state index in [4.69, 9.17) is 9.47 Å². The van der Waals surface area contributed by atoms with Gasteiger partial charge in [0.25, 0.3) is 5.91 Å². The van der Waals surface area contributed by atoms with Crippen LogP contribution in [0.15, 0.2) is 48.5 Å². The van der Waals surface area contributed by atoms with Crippen LogP contribution in [0.2, 0.25) is 0 Å². The third-order valence-corrected chi connectivity index (χ3v) is 3.76. The second-order valence-electron chi connectivity index (χ2n) is 5.67. The van der Waals surface area contributed by atoms with Crippen LogP contribution >= 0.6 is 12.4 Å².